The molecule has 0 bridgehead atoms. The Hall–Kier alpha value is -1.74. The lowest BCUT2D eigenvalue weighted by molar-refractivity contribution is 0.626. The molecule has 0 aromatic carbocycles. The molecule has 0 radical (unpaired) electrons. The second-order valence-electron chi connectivity index (χ2n) is 4.52. The van der Waals surface area contributed by atoms with Gasteiger partial charge >= 0.3 is 0 Å². The van der Waals surface area contributed by atoms with Crippen LogP contribution in [-0.2, 0) is 0 Å². The molecule has 0 aliphatic heterocycles. The van der Waals surface area contributed by atoms with Gasteiger partial charge in [-0.05, 0) is 43.1 Å². The van der Waals surface area contributed by atoms with E-state index in [9.17, 15) is 0 Å². The van der Waals surface area contributed by atoms with Gasteiger partial charge in [-0.3, -0.25) is 9.97 Å². The van der Waals surface area contributed by atoms with Gasteiger partial charge in [-0.2, -0.15) is 0 Å². The molecule has 0 aliphatic rings. The number of hydrogen-bond acceptors (Lipinski definition) is 3. The third-order valence-electron chi connectivity index (χ3n) is 2.91. The molecule has 0 amide bonds. The topological polar surface area (TPSA) is 37.8 Å². The van der Waals surface area contributed by atoms with Crippen LogP contribution in [0.5, 0.6) is 0 Å². The Morgan fingerprint density at radius 3 is 2.56 bits per heavy atom. The molecule has 1 unspecified atom stereocenters. The van der Waals surface area contributed by atoms with Crippen molar-refractivity contribution in [3.8, 4) is 0 Å². The Kier molecular flexibility index (Phi) is 4.05. The van der Waals surface area contributed by atoms with Gasteiger partial charge in [0.2, 0.25) is 0 Å². The summed E-state index contributed by atoms with van der Waals surface area (Å²) in [5, 5.41) is 3.48. The molecule has 0 saturated heterocycles. The van der Waals surface area contributed by atoms with Crippen molar-refractivity contribution in [1.29, 1.82) is 0 Å². The van der Waals surface area contributed by atoms with Gasteiger partial charge in [0.05, 0.1) is 6.04 Å². The van der Waals surface area contributed by atoms with Crippen molar-refractivity contribution < 1.29 is 0 Å². The molecule has 0 aliphatic carbocycles. The number of pyridine rings is 2. The summed E-state index contributed by atoms with van der Waals surface area (Å²) in [4.78, 5) is 8.64. The predicted molar refractivity (Wildman–Crippen MR) is 73.5 cm³/mol. The molecule has 94 valence electrons. The summed E-state index contributed by atoms with van der Waals surface area (Å²) < 4.78 is 0. The van der Waals surface area contributed by atoms with Gasteiger partial charge in [0.25, 0.3) is 0 Å². The minimum Gasteiger partial charge on any atom is -0.306 e. The van der Waals surface area contributed by atoms with Crippen LogP contribution in [0.2, 0.25) is 0 Å². The van der Waals surface area contributed by atoms with Crippen LogP contribution < -0.4 is 5.32 Å². The normalized spacial score (nSPS) is 12.4. The second kappa shape index (κ2) is 5.74. The van der Waals surface area contributed by atoms with E-state index in [4.69, 9.17) is 0 Å². The largest absolute Gasteiger partial charge is 0.306 e. The highest BCUT2D eigenvalue weighted by Gasteiger charge is 2.13. The summed E-state index contributed by atoms with van der Waals surface area (Å²) >= 11 is 0. The summed E-state index contributed by atoms with van der Waals surface area (Å²) in [6, 6.07) is 6.50. The first-order valence-corrected chi connectivity index (χ1v) is 6.28. The quantitative estimate of drug-likeness (QED) is 0.894. The van der Waals surface area contributed by atoms with Gasteiger partial charge in [-0.25, -0.2) is 0 Å². The summed E-state index contributed by atoms with van der Waals surface area (Å²) in [6.07, 6.45) is 5.73. The molecule has 1 N–H and O–H groups in total. The monoisotopic (exact) mass is 241 g/mol. The number of rotatable bonds is 4. The van der Waals surface area contributed by atoms with Crippen molar-refractivity contribution in [2.45, 2.75) is 26.8 Å². The van der Waals surface area contributed by atoms with Crippen LogP contribution in [0.1, 0.15) is 35.3 Å². The number of nitrogens with one attached hydrogen (secondary N) is 1. The van der Waals surface area contributed by atoms with Gasteiger partial charge in [0, 0.05) is 24.3 Å². The van der Waals surface area contributed by atoms with E-state index in [1.54, 1.807) is 0 Å². The Morgan fingerprint density at radius 1 is 1.11 bits per heavy atom. The van der Waals surface area contributed by atoms with Gasteiger partial charge in [0.15, 0.2) is 0 Å². The maximum Gasteiger partial charge on any atom is 0.0607 e. The fraction of sp³-hybridized carbons (Fsp3) is 0.333. The van der Waals surface area contributed by atoms with Crippen LogP contribution in [0, 0.1) is 13.8 Å². The van der Waals surface area contributed by atoms with Crippen molar-refractivity contribution in [2.75, 3.05) is 6.54 Å². The van der Waals surface area contributed by atoms with Crippen molar-refractivity contribution in [3.63, 3.8) is 0 Å². The Balaban J connectivity index is 2.36. The minimum atomic E-state index is 0.163. The maximum atomic E-state index is 4.37. The van der Waals surface area contributed by atoms with Gasteiger partial charge < -0.3 is 5.32 Å². The highest BCUT2D eigenvalue weighted by Crippen LogP contribution is 2.21. The fourth-order valence-electron chi connectivity index (χ4n) is 2.02. The maximum absolute atomic E-state index is 4.37. The van der Waals surface area contributed by atoms with E-state index in [1.807, 2.05) is 31.6 Å². The zero-order valence-corrected chi connectivity index (χ0v) is 11.1. The predicted octanol–water partition coefficient (Wildman–Crippen LogP) is 2.79. The van der Waals surface area contributed by atoms with E-state index in [-0.39, 0.29) is 6.04 Å². The molecular weight excluding hydrogens is 222 g/mol. The second-order valence-corrected chi connectivity index (χ2v) is 4.52. The molecule has 2 aromatic rings. The molecule has 0 fully saturated rings. The lowest BCUT2D eigenvalue weighted by Gasteiger charge is -2.18. The van der Waals surface area contributed by atoms with Crippen molar-refractivity contribution in [2.24, 2.45) is 0 Å². The first-order valence-electron chi connectivity index (χ1n) is 6.28. The van der Waals surface area contributed by atoms with Gasteiger partial charge in [-0.1, -0.05) is 19.1 Å². The zero-order chi connectivity index (χ0) is 13.0. The number of nitrogens with zero attached hydrogens (tertiary/aromatic N) is 2. The lowest BCUT2D eigenvalue weighted by Crippen LogP contribution is -2.22. The van der Waals surface area contributed by atoms with E-state index in [2.05, 4.69) is 41.3 Å². The highest BCUT2D eigenvalue weighted by molar-refractivity contribution is 5.30. The van der Waals surface area contributed by atoms with Crippen LogP contribution in [-0.4, -0.2) is 16.5 Å². The third-order valence-corrected chi connectivity index (χ3v) is 2.91. The molecular formula is C15H19N3. The SMILES string of the molecule is CCNC(c1ccc(C)nc1)c1cncc(C)c1. The standard InChI is InChI=1S/C15H19N3/c1-4-17-15(13-6-5-12(3)18-10-13)14-7-11(2)8-16-9-14/h5-10,15,17H,4H2,1-3H3. The average molecular weight is 241 g/mol. The first kappa shape index (κ1) is 12.7. The number of aryl methyl sites for hydroxylation is 2. The van der Waals surface area contributed by atoms with E-state index < -0.39 is 0 Å². The summed E-state index contributed by atoms with van der Waals surface area (Å²) in [5.41, 5.74) is 4.57. The van der Waals surface area contributed by atoms with E-state index in [1.165, 1.54) is 16.7 Å². The van der Waals surface area contributed by atoms with Crippen LogP contribution >= 0.6 is 0 Å². The molecule has 0 spiro atoms. The Morgan fingerprint density at radius 2 is 1.94 bits per heavy atom. The van der Waals surface area contributed by atoms with Crippen molar-refractivity contribution in [1.82, 2.24) is 15.3 Å². The van der Waals surface area contributed by atoms with E-state index in [0.717, 1.165) is 12.2 Å². The Bertz CT molecular complexity index is 505. The molecule has 3 heteroatoms. The summed E-state index contributed by atoms with van der Waals surface area (Å²) in [7, 11) is 0. The number of aromatic nitrogens is 2. The Labute approximate surface area is 108 Å². The molecule has 2 heterocycles. The molecule has 18 heavy (non-hydrogen) atoms. The lowest BCUT2D eigenvalue weighted by atomic mass is 10.0. The third kappa shape index (κ3) is 2.93. The van der Waals surface area contributed by atoms with Crippen molar-refractivity contribution >= 4 is 0 Å². The van der Waals surface area contributed by atoms with Gasteiger partial charge in [0.1, 0.15) is 0 Å². The van der Waals surface area contributed by atoms with Crippen LogP contribution in [0.15, 0.2) is 36.8 Å². The average Bonchev–Trinajstić information content (AvgIpc) is 2.37. The molecule has 0 saturated carbocycles. The van der Waals surface area contributed by atoms with Crippen LogP contribution in [0.4, 0.5) is 0 Å². The highest BCUT2D eigenvalue weighted by atomic mass is 14.9. The van der Waals surface area contributed by atoms with Crippen molar-refractivity contribution in [3.05, 3.63) is 59.2 Å². The summed E-state index contributed by atoms with van der Waals surface area (Å²) in [5.74, 6) is 0. The molecule has 3 nitrogen and oxygen atoms in total. The number of hydrogen-bond donors (Lipinski definition) is 1. The fourth-order valence-corrected chi connectivity index (χ4v) is 2.02. The molecule has 2 rings (SSSR count). The van der Waals surface area contributed by atoms with Crippen LogP contribution in [0.3, 0.4) is 0 Å². The smallest absolute Gasteiger partial charge is 0.0607 e. The van der Waals surface area contributed by atoms with E-state index >= 15 is 0 Å². The molecule has 2 aromatic heterocycles. The van der Waals surface area contributed by atoms with E-state index in [0.29, 0.717) is 0 Å². The minimum absolute atomic E-state index is 0.163. The zero-order valence-electron chi connectivity index (χ0n) is 11.1. The first-order chi connectivity index (χ1) is 8.70. The molecule has 1 atom stereocenters. The van der Waals surface area contributed by atoms with Crippen LogP contribution in [0.25, 0.3) is 0 Å². The van der Waals surface area contributed by atoms with Gasteiger partial charge in [-0.15, -0.1) is 0 Å². The summed E-state index contributed by atoms with van der Waals surface area (Å²) in [6.45, 7) is 7.08.